The van der Waals surface area contributed by atoms with Crippen molar-refractivity contribution >= 4 is 27.7 Å². The maximum atomic E-state index is 12.1. The minimum absolute atomic E-state index is 0.384. The summed E-state index contributed by atoms with van der Waals surface area (Å²) in [5.74, 6) is -0.384. The number of aromatic nitrogens is 1. The van der Waals surface area contributed by atoms with Gasteiger partial charge in [0.05, 0.1) is 5.52 Å². The predicted octanol–water partition coefficient (Wildman–Crippen LogP) is 5.12. The Labute approximate surface area is 159 Å². The minimum Gasteiger partial charge on any atom is -0.366 e. The number of rotatable bonds is 4. The third-order valence-electron chi connectivity index (χ3n) is 5.25. The number of aryl methyl sites for hydroxylation is 3. The number of nitrogens with zero attached hydrogens (tertiary/aromatic N) is 1. The Morgan fingerprint density at radius 2 is 1.67 bits per heavy atom. The van der Waals surface area contributed by atoms with Crippen molar-refractivity contribution in [2.45, 2.75) is 33.7 Å². The van der Waals surface area contributed by atoms with Crippen molar-refractivity contribution in [2.24, 2.45) is 5.73 Å². The molecule has 2 N–H and O–H groups in total. The monoisotopic (exact) mass is 356 g/mol. The van der Waals surface area contributed by atoms with Crippen molar-refractivity contribution in [1.29, 1.82) is 0 Å². The van der Waals surface area contributed by atoms with Gasteiger partial charge in [0.15, 0.2) is 0 Å². The summed E-state index contributed by atoms with van der Waals surface area (Å²) >= 11 is 0. The number of carbonyl (C=O) groups is 1. The third-order valence-corrected chi connectivity index (χ3v) is 5.25. The van der Waals surface area contributed by atoms with Gasteiger partial charge in [0.1, 0.15) is 0 Å². The molecule has 0 aliphatic rings. The Balaban J connectivity index is 2.04. The molecule has 1 heterocycles. The van der Waals surface area contributed by atoms with Crippen molar-refractivity contribution in [1.82, 2.24) is 4.57 Å². The molecule has 0 saturated heterocycles. The lowest BCUT2D eigenvalue weighted by Crippen LogP contribution is -2.11. The van der Waals surface area contributed by atoms with Gasteiger partial charge in [0, 0.05) is 28.4 Å². The quantitative estimate of drug-likeness (QED) is 0.542. The van der Waals surface area contributed by atoms with Gasteiger partial charge in [0.25, 0.3) is 0 Å². The lowest BCUT2D eigenvalue weighted by atomic mass is 10.0. The number of amides is 1. The average Bonchev–Trinajstić information content (AvgIpc) is 2.94. The maximum absolute atomic E-state index is 12.1. The van der Waals surface area contributed by atoms with Crippen LogP contribution in [-0.4, -0.2) is 10.5 Å². The number of nitrogens with two attached hydrogens (primary N) is 1. The molecule has 3 nitrogen and oxygen atoms in total. The summed E-state index contributed by atoms with van der Waals surface area (Å²) in [6, 6.07) is 19.0. The molecule has 0 spiro atoms. The number of primary amides is 1. The zero-order chi connectivity index (χ0) is 19.1. The number of carbonyl (C=O) groups excluding carboxylic acids is 1. The van der Waals surface area contributed by atoms with Gasteiger partial charge in [0.2, 0.25) is 5.91 Å². The molecule has 0 saturated carbocycles. The standard InChI is InChI=1S/C24H24N2O/c1-4-17-8-9-19-22(13-17)26(14-18-11-15(2)10-16(3)12-18)21-7-5-6-20(23(19)21)24(25)27/h5-13H,4,14H2,1-3H3,(H2,25,27). The lowest BCUT2D eigenvalue weighted by Gasteiger charge is -2.10. The largest absolute Gasteiger partial charge is 0.366 e. The second-order valence-corrected chi connectivity index (χ2v) is 7.35. The molecule has 136 valence electrons. The summed E-state index contributed by atoms with van der Waals surface area (Å²) in [5, 5.41) is 2.04. The number of hydrogen-bond donors (Lipinski definition) is 1. The fraction of sp³-hybridized carbons (Fsp3) is 0.208. The van der Waals surface area contributed by atoms with E-state index in [0.717, 1.165) is 34.8 Å². The van der Waals surface area contributed by atoms with E-state index in [0.29, 0.717) is 5.56 Å². The molecule has 1 aromatic heterocycles. The van der Waals surface area contributed by atoms with E-state index in [1.165, 1.54) is 22.3 Å². The molecule has 0 bridgehead atoms. The van der Waals surface area contributed by atoms with Crippen molar-refractivity contribution < 1.29 is 4.79 Å². The number of hydrogen-bond acceptors (Lipinski definition) is 1. The molecule has 4 aromatic rings. The van der Waals surface area contributed by atoms with Gasteiger partial charge in [-0.05, 0) is 49.6 Å². The smallest absolute Gasteiger partial charge is 0.249 e. The zero-order valence-electron chi connectivity index (χ0n) is 16.0. The molecule has 27 heavy (non-hydrogen) atoms. The van der Waals surface area contributed by atoms with E-state index in [1.54, 1.807) is 0 Å². The Bertz CT molecular complexity index is 1160. The van der Waals surface area contributed by atoms with Crippen LogP contribution in [0.5, 0.6) is 0 Å². The van der Waals surface area contributed by atoms with E-state index in [9.17, 15) is 4.79 Å². The highest BCUT2D eigenvalue weighted by molar-refractivity contribution is 6.17. The first-order valence-electron chi connectivity index (χ1n) is 9.38. The van der Waals surface area contributed by atoms with E-state index in [2.05, 4.69) is 67.8 Å². The van der Waals surface area contributed by atoms with Crippen molar-refractivity contribution in [3.8, 4) is 0 Å². The van der Waals surface area contributed by atoms with Crippen molar-refractivity contribution in [3.63, 3.8) is 0 Å². The molecule has 1 amide bonds. The van der Waals surface area contributed by atoms with Crippen LogP contribution in [0.2, 0.25) is 0 Å². The van der Waals surface area contributed by atoms with E-state index in [1.807, 2.05) is 12.1 Å². The van der Waals surface area contributed by atoms with Crippen LogP contribution in [0.1, 0.15) is 39.5 Å². The summed E-state index contributed by atoms with van der Waals surface area (Å²) in [5.41, 5.74) is 13.5. The third kappa shape index (κ3) is 2.99. The van der Waals surface area contributed by atoms with Gasteiger partial charge in [-0.25, -0.2) is 0 Å². The number of fused-ring (bicyclic) bond motifs is 3. The zero-order valence-corrected chi connectivity index (χ0v) is 16.0. The highest BCUT2D eigenvalue weighted by Crippen LogP contribution is 2.33. The minimum atomic E-state index is -0.384. The number of benzene rings is 3. The van der Waals surface area contributed by atoms with Gasteiger partial charge in [-0.3, -0.25) is 4.79 Å². The van der Waals surface area contributed by atoms with E-state index < -0.39 is 0 Å². The molecule has 0 aliphatic carbocycles. The summed E-state index contributed by atoms with van der Waals surface area (Å²) in [6.45, 7) is 7.18. The molecule has 4 rings (SSSR count). The van der Waals surface area contributed by atoms with Gasteiger partial charge in [-0.15, -0.1) is 0 Å². The van der Waals surface area contributed by atoms with Crippen LogP contribution >= 0.6 is 0 Å². The Morgan fingerprint density at radius 1 is 0.926 bits per heavy atom. The Kier molecular flexibility index (Phi) is 4.23. The van der Waals surface area contributed by atoms with Gasteiger partial charge >= 0.3 is 0 Å². The fourth-order valence-electron chi connectivity index (χ4n) is 4.13. The molecule has 0 unspecified atom stereocenters. The van der Waals surface area contributed by atoms with Gasteiger partial charge in [-0.1, -0.05) is 54.4 Å². The van der Waals surface area contributed by atoms with E-state index in [-0.39, 0.29) is 5.91 Å². The second kappa shape index (κ2) is 6.58. The van der Waals surface area contributed by atoms with E-state index >= 15 is 0 Å². The van der Waals surface area contributed by atoms with Crippen molar-refractivity contribution in [3.05, 3.63) is 82.4 Å². The molecular weight excluding hydrogens is 332 g/mol. The topological polar surface area (TPSA) is 48.0 Å². The summed E-state index contributed by atoms with van der Waals surface area (Å²) in [6.07, 6.45) is 0.976. The van der Waals surface area contributed by atoms with Gasteiger partial charge < -0.3 is 10.3 Å². The van der Waals surface area contributed by atoms with Crippen LogP contribution in [-0.2, 0) is 13.0 Å². The van der Waals surface area contributed by atoms with Crippen LogP contribution in [0.3, 0.4) is 0 Å². The maximum Gasteiger partial charge on any atom is 0.249 e. The van der Waals surface area contributed by atoms with E-state index in [4.69, 9.17) is 5.73 Å². The highest BCUT2D eigenvalue weighted by Gasteiger charge is 2.17. The van der Waals surface area contributed by atoms with Gasteiger partial charge in [-0.2, -0.15) is 0 Å². The average molecular weight is 356 g/mol. The molecule has 0 atom stereocenters. The first-order chi connectivity index (χ1) is 13.0. The first kappa shape index (κ1) is 17.3. The second-order valence-electron chi connectivity index (χ2n) is 7.35. The molecular formula is C24H24N2O. The molecule has 0 radical (unpaired) electrons. The molecule has 3 heteroatoms. The summed E-state index contributed by atoms with van der Waals surface area (Å²) in [4.78, 5) is 12.1. The SMILES string of the molecule is CCc1ccc2c3c(C(N)=O)cccc3n(Cc3cc(C)cc(C)c3)c2c1. The highest BCUT2D eigenvalue weighted by atomic mass is 16.1. The fourth-order valence-corrected chi connectivity index (χ4v) is 4.13. The summed E-state index contributed by atoms with van der Waals surface area (Å²) in [7, 11) is 0. The van der Waals surface area contributed by atoms with Crippen LogP contribution in [0, 0.1) is 13.8 Å². The molecule has 0 aliphatic heterocycles. The predicted molar refractivity (Wildman–Crippen MR) is 112 cm³/mol. The molecule has 0 fully saturated rings. The van der Waals surface area contributed by atoms with Crippen LogP contribution in [0.15, 0.2) is 54.6 Å². The Hall–Kier alpha value is -3.07. The van der Waals surface area contributed by atoms with Crippen molar-refractivity contribution in [2.75, 3.05) is 0 Å². The normalized spacial score (nSPS) is 11.4. The van der Waals surface area contributed by atoms with Crippen LogP contribution < -0.4 is 5.73 Å². The van der Waals surface area contributed by atoms with Crippen LogP contribution in [0.25, 0.3) is 21.8 Å². The summed E-state index contributed by atoms with van der Waals surface area (Å²) < 4.78 is 2.31. The Morgan fingerprint density at radius 3 is 2.33 bits per heavy atom. The molecule has 3 aromatic carbocycles. The first-order valence-corrected chi connectivity index (χ1v) is 9.38. The van der Waals surface area contributed by atoms with Crippen LogP contribution in [0.4, 0.5) is 0 Å². The lowest BCUT2D eigenvalue weighted by molar-refractivity contribution is 0.100.